The Morgan fingerprint density at radius 3 is 2.48 bits per heavy atom. The van der Waals surface area contributed by atoms with Crippen molar-refractivity contribution in [3.8, 4) is 5.75 Å². The fraction of sp³-hybridized carbons (Fsp3) is 0.300. The van der Waals surface area contributed by atoms with E-state index in [1.54, 1.807) is 47.4 Å². The zero-order valence-corrected chi connectivity index (χ0v) is 16.0. The Morgan fingerprint density at radius 2 is 1.78 bits per heavy atom. The van der Waals surface area contributed by atoms with Crippen LogP contribution in [0.25, 0.3) is 0 Å². The molecule has 7 heteroatoms. The molecule has 1 N–H and O–H groups in total. The smallest absolute Gasteiger partial charge is 0.321 e. The Bertz CT molecular complexity index is 891. The van der Waals surface area contributed by atoms with Crippen LogP contribution in [0.4, 0.5) is 10.5 Å². The average Bonchev–Trinajstić information content (AvgIpc) is 2.65. The van der Waals surface area contributed by atoms with Gasteiger partial charge < -0.3 is 15.0 Å². The van der Waals surface area contributed by atoms with Crippen LogP contribution in [0.15, 0.2) is 42.5 Å². The maximum Gasteiger partial charge on any atom is 0.321 e. The van der Waals surface area contributed by atoms with Crippen LogP contribution in [-0.2, 0) is 0 Å². The molecule has 2 aliphatic heterocycles. The highest BCUT2D eigenvalue weighted by Gasteiger charge is 2.44. The van der Waals surface area contributed by atoms with Gasteiger partial charge in [-0.05, 0) is 36.4 Å². The van der Waals surface area contributed by atoms with E-state index < -0.39 is 5.60 Å². The molecule has 0 aromatic heterocycles. The van der Waals surface area contributed by atoms with Crippen molar-refractivity contribution in [3.05, 3.63) is 58.1 Å². The number of rotatable bonds is 1. The lowest BCUT2D eigenvalue weighted by Gasteiger charge is -2.44. The van der Waals surface area contributed by atoms with Crippen LogP contribution in [-0.4, -0.2) is 35.4 Å². The Labute approximate surface area is 167 Å². The number of halogens is 2. The number of benzene rings is 2. The van der Waals surface area contributed by atoms with Crippen molar-refractivity contribution in [1.29, 1.82) is 0 Å². The summed E-state index contributed by atoms with van der Waals surface area (Å²) in [5, 5.41) is 3.93. The summed E-state index contributed by atoms with van der Waals surface area (Å²) >= 11 is 12.1. The molecular weight excluding hydrogens is 387 g/mol. The third-order valence-corrected chi connectivity index (χ3v) is 5.68. The minimum Gasteiger partial charge on any atom is -0.484 e. The Morgan fingerprint density at radius 1 is 1.07 bits per heavy atom. The maximum atomic E-state index is 12.6. The van der Waals surface area contributed by atoms with Crippen molar-refractivity contribution in [3.63, 3.8) is 0 Å². The molecule has 2 aliphatic rings. The van der Waals surface area contributed by atoms with E-state index in [-0.39, 0.29) is 11.8 Å². The number of likely N-dealkylation sites (tertiary alicyclic amines) is 1. The van der Waals surface area contributed by atoms with Crippen LogP contribution in [0.3, 0.4) is 0 Å². The second-order valence-corrected chi connectivity index (χ2v) is 7.77. The van der Waals surface area contributed by atoms with E-state index in [4.69, 9.17) is 27.9 Å². The zero-order valence-electron chi connectivity index (χ0n) is 14.5. The lowest BCUT2D eigenvalue weighted by Crippen LogP contribution is -2.53. The fourth-order valence-corrected chi connectivity index (χ4v) is 3.94. The largest absolute Gasteiger partial charge is 0.484 e. The lowest BCUT2D eigenvalue weighted by molar-refractivity contribution is 0.000455. The third-order valence-electron chi connectivity index (χ3n) is 5.13. The minimum atomic E-state index is -0.591. The molecular formula is C20H18Cl2N2O3. The first kappa shape index (κ1) is 18.1. The summed E-state index contributed by atoms with van der Waals surface area (Å²) in [6.45, 7) is 1.01. The first-order chi connectivity index (χ1) is 13.0. The van der Waals surface area contributed by atoms with E-state index in [1.807, 2.05) is 0 Å². The predicted octanol–water partition coefficient (Wildman–Crippen LogP) is 5.03. The van der Waals surface area contributed by atoms with E-state index in [0.29, 0.717) is 59.4 Å². The van der Waals surface area contributed by atoms with Crippen molar-refractivity contribution in [2.24, 2.45) is 0 Å². The van der Waals surface area contributed by atoms with Gasteiger partial charge in [-0.25, -0.2) is 4.79 Å². The van der Waals surface area contributed by atoms with Gasteiger partial charge in [-0.2, -0.15) is 0 Å². The monoisotopic (exact) mass is 404 g/mol. The van der Waals surface area contributed by atoms with E-state index >= 15 is 0 Å². The van der Waals surface area contributed by atoms with Gasteiger partial charge in [0.15, 0.2) is 5.78 Å². The number of fused-ring (bicyclic) bond motifs is 1. The first-order valence-corrected chi connectivity index (χ1v) is 9.54. The summed E-state index contributed by atoms with van der Waals surface area (Å²) in [6.07, 6.45) is 1.47. The molecule has 1 spiro atoms. The van der Waals surface area contributed by atoms with Crippen molar-refractivity contribution in [2.45, 2.75) is 24.9 Å². The van der Waals surface area contributed by atoms with Gasteiger partial charge in [0.2, 0.25) is 0 Å². The number of urea groups is 1. The molecule has 140 valence electrons. The SMILES string of the molecule is O=C1CC2(CCN(C(=O)Nc3ccc(Cl)cc3)CC2)Oc2c(Cl)cccc21. The number of carbonyl (C=O) groups is 2. The number of anilines is 1. The van der Waals surface area contributed by atoms with E-state index in [2.05, 4.69) is 5.32 Å². The number of ketones is 1. The summed E-state index contributed by atoms with van der Waals surface area (Å²) in [7, 11) is 0. The Kier molecular flexibility index (Phi) is 4.74. The normalized spacial score (nSPS) is 18.0. The number of nitrogens with zero attached hydrogens (tertiary/aromatic N) is 1. The van der Waals surface area contributed by atoms with Crippen LogP contribution < -0.4 is 10.1 Å². The summed E-state index contributed by atoms with van der Waals surface area (Å²) in [4.78, 5) is 26.8. The summed E-state index contributed by atoms with van der Waals surface area (Å²) in [5.41, 5.74) is 0.636. The molecule has 0 atom stereocenters. The summed E-state index contributed by atoms with van der Waals surface area (Å²) < 4.78 is 6.20. The number of carbonyl (C=O) groups excluding carboxylic acids is 2. The molecule has 1 fully saturated rings. The van der Waals surface area contributed by atoms with Gasteiger partial charge in [-0.3, -0.25) is 4.79 Å². The number of para-hydroxylation sites is 1. The number of Topliss-reactive ketones (excluding diaryl/α,β-unsaturated/α-hetero) is 1. The molecule has 4 rings (SSSR count). The molecule has 0 bridgehead atoms. The van der Waals surface area contributed by atoms with Crippen LogP contribution in [0.1, 0.15) is 29.6 Å². The second-order valence-electron chi connectivity index (χ2n) is 6.93. The fourth-order valence-electron chi connectivity index (χ4n) is 3.60. The number of amides is 2. The molecule has 1 saturated heterocycles. The number of hydrogen-bond donors (Lipinski definition) is 1. The number of ether oxygens (including phenoxy) is 1. The number of hydrogen-bond acceptors (Lipinski definition) is 3. The van der Waals surface area contributed by atoms with E-state index in [1.165, 1.54) is 0 Å². The minimum absolute atomic E-state index is 0.0396. The molecule has 2 amide bonds. The second kappa shape index (κ2) is 7.06. The van der Waals surface area contributed by atoms with E-state index in [0.717, 1.165) is 0 Å². The molecule has 5 nitrogen and oxygen atoms in total. The number of piperidine rings is 1. The highest BCUT2D eigenvalue weighted by atomic mass is 35.5. The lowest BCUT2D eigenvalue weighted by atomic mass is 9.82. The summed E-state index contributed by atoms with van der Waals surface area (Å²) in [6, 6.07) is 12.0. The van der Waals surface area contributed by atoms with Gasteiger partial charge in [0.25, 0.3) is 0 Å². The molecule has 0 saturated carbocycles. The molecule has 2 aromatic rings. The first-order valence-electron chi connectivity index (χ1n) is 8.78. The van der Waals surface area contributed by atoms with Gasteiger partial charge in [0.1, 0.15) is 11.4 Å². The highest BCUT2D eigenvalue weighted by Crippen LogP contribution is 2.42. The van der Waals surface area contributed by atoms with E-state index in [9.17, 15) is 9.59 Å². The van der Waals surface area contributed by atoms with Crippen molar-refractivity contribution >= 4 is 40.7 Å². The van der Waals surface area contributed by atoms with Crippen LogP contribution in [0.5, 0.6) is 5.75 Å². The molecule has 27 heavy (non-hydrogen) atoms. The van der Waals surface area contributed by atoms with Crippen molar-refractivity contribution in [1.82, 2.24) is 4.90 Å². The standard InChI is InChI=1S/C20H18Cl2N2O3/c21-13-4-6-14(7-5-13)23-19(26)24-10-8-20(9-11-24)12-17(25)15-2-1-3-16(22)18(15)27-20/h1-7H,8-12H2,(H,23,26). The van der Waals surface area contributed by atoms with Gasteiger partial charge in [-0.1, -0.05) is 29.3 Å². The molecule has 2 heterocycles. The van der Waals surface area contributed by atoms with Crippen molar-refractivity contribution < 1.29 is 14.3 Å². The Balaban J connectivity index is 1.43. The third kappa shape index (κ3) is 3.62. The van der Waals surface area contributed by atoms with Gasteiger partial charge in [0, 0.05) is 36.6 Å². The van der Waals surface area contributed by atoms with Crippen LogP contribution >= 0.6 is 23.2 Å². The maximum absolute atomic E-state index is 12.6. The summed E-state index contributed by atoms with van der Waals surface area (Å²) in [5.74, 6) is 0.507. The zero-order chi connectivity index (χ0) is 19.0. The number of nitrogens with one attached hydrogen (secondary N) is 1. The predicted molar refractivity (Wildman–Crippen MR) is 105 cm³/mol. The van der Waals surface area contributed by atoms with Gasteiger partial charge in [0.05, 0.1) is 17.0 Å². The molecule has 0 aliphatic carbocycles. The van der Waals surface area contributed by atoms with Crippen LogP contribution in [0, 0.1) is 0 Å². The quantitative estimate of drug-likeness (QED) is 0.725. The highest BCUT2D eigenvalue weighted by molar-refractivity contribution is 6.32. The Hall–Kier alpha value is -2.24. The molecule has 0 radical (unpaired) electrons. The van der Waals surface area contributed by atoms with Crippen LogP contribution in [0.2, 0.25) is 10.0 Å². The molecule has 0 unspecified atom stereocenters. The molecule has 2 aromatic carbocycles. The average molecular weight is 405 g/mol. The topological polar surface area (TPSA) is 58.6 Å². The van der Waals surface area contributed by atoms with Gasteiger partial charge in [-0.15, -0.1) is 0 Å². The van der Waals surface area contributed by atoms with Crippen molar-refractivity contribution in [2.75, 3.05) is 18.4 Å². The van der Waals surface area contributed by atoms with Gasteiger partial charge >= 0.3 is 6.03 Å².